The molecule has 1 aromatic rings. The van der Waals surface area contributed by atoms with Crippen molar-refractivity contribution in [1.82, 2.24) is 0 Å². The van der Waals surface area contributed by atoms with Gasteiger partial charge in [0.1, 0.15) is 0 Å². The van der Waals surface area contributed by atoms with Gasteiger partial charge in [0.2, 0.25) is 0 Å². The van der Waals surface area contributed by atoms with E-state index in [1.165, 1.54) is 0 Å². The third-order valence-corrected chi connectivity index (χ3v) is 2.42. The lowest BCUT2D eigenvalue weighted by Crippen LogP contribution is -2.06. The highest BCUT2D eigenvalue weighted by Gasteiger charge is 2.09. The van der Waals surface area contributed by atoms with Gasteiger partial charge in [-0.3, -0.25) is 4.79 Å². The van der Waals surface area contributed by atoms with Crippen LogP contribution >= 0.6 is 0 Å². The molecule has 0 unspecified atom stereocenters. The van der Waals surface area contributed by atoms with Crippen molar-refractivity contribution in [3.63, 3.8) is 0 Å². The fourth-order valence-electron chi connectivity index (χ4n) is 1.44. The molecule has 0 saturated heterocycles. The number of nitrogens with zero attached hydrogens (tertiary/aromatic N) is 3. The maximum Gasteiger partial charge on any atom is 0.168 e. The summed E-state index contributed by atoms with van der Waals surface area (Å²) in [5.41, 5.74) is 11.9. The molecule has 0 aliphatic carbocycles. The number of ketones is 1. The van der Waals surface area contributed by atoms with E-state index in [4.69, 9.17) is 5.53 Å². The van der Waals surface area contributed by atoms with Gasteiger partial charge in [-0.15, -0.1) is 0 Å². The number of aryl methyl sites for hydroxylation is 3. The van der Waals surface area contributed by atoms with Crippen molar-refractivity contribution in [2.24, 2.45) is 5.11 Å². The fraction of sp³-hybridized carbons (Fsp3) is 0.364. The molecule has 4 nitrogen and oxygen atoms in total. The molecule has 0 amide bonds. The summed E-state index contributed by atoms with van der Waals surface area (Å²) in [7, 11) is 0. The molecule has 0 fully saturated rings. The molecule has 0 aliphatic heterocycles. The van der Waals surface area contributed by atoms with Crippen molar-refractivity contribution < 1.29 is 4.79 Å². The quantitative estimate of drug-likeness (QED) is 0.322. The second-order valence-corrected chi connectivity index (χ2v) is 3.56. The Morgan fingerprint density at radius 3 is 2.47 bits per heavy atom. The Bertz CT molecular complexity index is 445. The van der Waals surface area contributed by atoms with Crippen molar-refractivity contribution in [1.29, 1.82) is 0 Å². The Hall–Kier alpha value is -1.80. The minimum absolute atomic E-state index is 0.111. The zero-order valence-electron chi connectivity index (χ0n) is 9.11. The van der Waals surface area contributed by atoms with Gasteiger partial charge >= 0.3 is 0 Å². The first-order chi connectivity index (χ1) is 7.06. The maximum atomic E-state index is 11.6. The minimum Gasteiger partial charge on any atom is -0.294 e. The first-order valence-electron chi connectivity index (χ1n) is 4.68. The topological polar surface area (TPSA) is 65.8 Å². The predicted octanol–water partition coefficient (Wildman–Crippen LogP) is 3.10. The van der Waals surface area contributed by atoms with E-state index in [0.29, 0.717) is 5.56 Å². The van der Waals surface area contributed by atoms with E-state index >= 15 is 0 Å². The molecule has 1 rings (SSSR count). The highest BCUT2D eigenvalue weighted by molar-refractivity contribution is 5.99. The van der Waals surface area contributed by atoms with Gasteiger partial charge in [0, 0.05) is 10.5 Å². The molecule has 0 heterocycles. The number of Topliss-reactive ketones (excluding diaryl/α,β-unsaturated/α-hetero) is 1. The predicted molar refractivity (Wildman–Crippen MR) is 59.0 cm³/mol. The van der Waals surface area contributed by atoms with Crippen molar-refractivity contribution >= 4 is 5.78 Å². The molecule has 0 saturated carbocycles. The molecule has 0 spiro atoms. The lowest BCUT2D eigenvalue weighted by molar-refractivity contribution is 0.100. The first-order valence-corrected chi connectivity index (χ1v) is 4.68. The second-order valence-electron chi connectivity index (χ2n) is 3.56. The van der Waals surface area contributed by atoms with Crippen LogP contribution in [-0.2, 0) is 0 Å². The van der Waals surface area contributed by atoms with Crippen molar-refractivity contribution in [2.75, 3.05) is 6.54 Å². The Kier molecular flexibility index (Phi) is 3.47. The monoisotopic (exact) mass is 203 g/mol. The maximum absolute atomic E-state index is 11.6. The fourth-order valence-corrected chi connectivity index (χ4v) is 1.44. The van der Waals surface area contributed by atoms with Crippen LogP contribution in [0.15, 0.2) is 17.2 Å². The van der Waals surface area contributed by atoms with Crippen LogP contribution < -0.4 is 0 Å². The summed E-state index contributed by atoms with van der Waals surface area (Å²) in [6.45, 7) is 5.73. The van der Waals surface area contributed by atoms with Crippen LogP contribution in [0.25, 0.3) is 10.4 Å². The number of hydrogen-bond acceptors (Lipinski definition) is 2. The van der Waals surface area contributed by atoms with Crippen LogP contribution in [0, 0.1) is 20.8 Å². The number of benzene rings is 1. The zero-order chi connectivity index (χ0) is 11.4. The van der Waals surface area contributed by atoms with Crippen LogP contribution in [-0.4, -0.2) is 12.3 Å². The Morgan fingerprint density at radius 2 is 1.87 bits per heavy atom. The molecular weight excluding hydrogens is 190 g/mol. The summed E-state index contributed by atoms with van der Waals surface area (Å²) < 4.78 is 0. The lowest BCUT2D eigenvalue weighted by atomic mass is 9.98. The van der Waals surface area contributed by atoms with E-state index < -0.39 is 0 Å². The summed E-state index contributed by atoms with van der Waals surface area (Å²) in [5.74, 6) is -0.131. The number of hydrogen-bond donors (Lipinski definition) is 0. The van der Waals surface area contributed by atoms with E-state index in [9.17, 15) is 4.79 Å². The molecule has 4 heteroatoms. The molecule has 15 heavy (non-hydrogen) atoms. The molecule has 0 aliphatic rings. The third-order valence-electron chi connectivity index (χ3n) is 2.42. The lowest BCUT2D eigenvalue weighted by Gasteiger charge is -2.07. The van der Waals surface area contributed by atoms with Crippen molar-refractivity contribution in [3.8, 4) is 0 Å². The van der Waals surface area contributed by atoms with Gasteiger partial charge in [-0.1, -0.05) is 11.2 Å². The van der Waals surface area contributed by atoms with Crippen LogP contribution in [0.3, 0.4) is 0 Å². The largest absolute Gasteiger partial charge is 0.294 e. The minimum atomic E-state index is -0.131. The molecule has 78 valence electrons. The molecule has 0 N–H and O–H groups in total. The number of carbonyl (C=O) groups excluding carboxylic acids is 1. The van der Waals surface area contributed by atoms with Crippen molar-refractivity contribution in [2.45, 2.75) is 20.8 Å². The summed E-state index contributed by atoms with van der Waals surface area (Å²) in [6.07, 6.45) is 0. The van der Waals surface area contributed by atoms with Crippen LogP contribution in [0.2, 0.25) is 0 Å². The van der Waals surface area contributed by atoms with Gasteiger partial charge in [-0.2, -0.15) is 0 Å². The molecule has 0 radical (unpaired) electrons. The second kappa shape index (κ2) is 4.62. The van der Waals surface area contributed by atoms with E-state index in [-0.39, 0.29) is 12.3 Å². The van der Waals surface area contributed by atoms with E-state index in [1.54, 1.807) is 0 Å². The van der Waals surface area contributed by atoms with Gasteiger partial charge in [0.05, 0.1) is 6.54 Å². The Labute approximate surface area is 88.6 Å². The standard InChI is InChI=1S/C11H13N3O/c1-7-4-9(3)10(5-8(7)2)11(15)6-13-14-12/h4-5H,6H2,1-3H3. The number of azide groups is 1. The van der Waals surface area contributed by atoms with Gasteiger partial charge in [-0.05, 0) is 49.1 Å². The summed E-state index contributed by atoms with van der Waals surface area (Å²) in [5, 5.41) is 3.27. The number of carbonyl (C=O) groups is 1. The number of rotatable bonds is 3. The average molecular weight is 203 g/mol. The van der Waals surface area contributed by atoms with Crippen LogP contribution in [0.4, 0.5) is 0 Å². The van der Waals surface area contributed by atoms with Crippen molar-refractivity contribution in [3.05, 3.63) is 44.8 Å². The van der Waals surface area contributed by atoms with E-state index in [1.807, 2.05) is 32.9 Å². The van der Waals surface area contributed by atoms with Crippen LogP contribution in [0.1, 0.15) is 27.0 Å². The molecule has 1 aromatic carbocycles. The SMILES string of the molecule is Cc1cc(C)c(C(=O)CN=[N+]=[N-])cc1C. The Balaban J connectivity index is 3.09. The normalized spacial score (nSPS) is 9.53. The first kappa shape index (κ1) is 11.3. The smallest absolute Gasteiger partial charge is 0.168 e. The molecule has 0 aromatic heterocycles. The highest BCUT2D eigenvalue weighted by Crippen LogP contribution is 2.15. The third kappa shape index (κ3) is 2.58. The van der Waals surface area contributed by atoms with Gasteiger partial charge in [0.15, 0.2) is 5.78 Å². The summed E-state index contributed by atoms with van der Waals surface area (Å²) in [4.78, 5) is 14.2. The summed E-state index contributed by atoms with van der Waals surface area (Å²) in [6, 6.07) is 3.82. The van der Waals surface area contributed by atoms with E-state index in [2.05, 4.69) is 10.0 Å². The van der Waals surface area contributed by atoms with Gasteiger partial charge < -0.3 is 0 Å². The molecule has 0 atom stereocenters. The average Bonchev–Trinajstić information content (AvgIpc) is 2.20. The zero-order valence-corrected chi connectivity index (χ0v) is 9.11. The van der Waals surface area contributed by atoms with Crippen LogP contribution in [0.5, 0.6) is 0 Å². The van der Waals surface area contributed by atoms with Gasteiger partial charge in [0.25, 0.3) is 0 Å². The summed E-state index contributed by atoms with van der Waals surface area (Å²) >= 11 is 0. The molecule has 0 bridgehead atoms. The highest BCUT2D eigenvalue weighted by atomic mass is 16.1. The van der Waals surface area contributed by atoms with E-state index in [0.717, 1.165) is 16.7 Å². The van der Waals surface area contributed by atoms with Gasteiger partial charge in [-0.25, -0.2) is 0 Å². The molecular formula is C11H13N3O. The Morgan fingerprint density at radius 1 is 1.27 bits per heavy atom.